The minimum absolute atomic E-state index is 1.24. The van der Waals surface area contributed by atoms with E-state index in [1.54, 1.807) is 0 Å². The zero-order valence-electron chi connectivity index (χ0n) is 34.1. The molecule has 36 heteroatoms. The van der Waals surface area contributed by atoms with Crippen LogP contribution in [0, 0.1) is 408 Å². The molecular weight excluding hydrogens is 937 g/mol. The van der Waals surface area contributed by atoms with Gasteiger partial charge in [0, 0.05) is 0 Å². The van der Waals surface area contributed by atoms with E-state index < -0.39 is 0 Å². The highest BCUT2D eigenvalue weighted by molar-refractivity contribution is 5.04. The molecule has 0 saturated heterocycles. The topological polar surface area (TPSA) is 856 Å². The third kappa shape index (κ3) is 1020000. The van der Waals surface area contributed by atoms with Gasteiger partial charge >= 0.3 is 0 Å². The summed E-state index contributed by atoms with van der Waals surface area (Å²) in [5.41, 5.74) is 0. The first-order valence-corrected chi connectivity index (χ1v) is 12.5. The van der Waals surface area contributed by atoms with Crippen LogP contribution in [-0.4, -0.2) is 0 Å². The summed E-state index contributed by atoms with van der Waals surface area (Å²) in [6.07, 6.45) is 0. The van der Waals surface area contributed by atoms with Crippen molar-refractivity contribution in [3.05, 3.63) is 0 Å². The van der Waals surface area contributed by atoms with Crippen LogP contribution in [0.5, 0.6) is 0 Å². The molecule has 0 radical (unpaired) electrons. The van der Waals surface area contributed by atoms with Gasteiger partial charge in [0.15, 0.2) is 218 Å². The second-order valence-electron chi connectivity index (χ2n) is 4.02. The summed E-state index contributed by atoms with van der Waals surface area (Å²) in [7, 11) is 0. The molecular formula is C36N36. The van der Waals surface area contributed by atoms with Crippen LogP contribution in [0.3, 0.4) is 0 Å². The van der Waals surface area contributed by atoms with Crippen molar-refractivity contribution >= 4 is 0 Å². The highest BCUT2D eigenvalue weighted by Crippen LogP contribution is 1.33. The van der Waals surface area contributed by atoms with E-state index in [-0.39, 0.29) is 0 Å². The minimum Gasteiger partial charge on any atom is -0.181 e. The van der Waals surface area contributed by atoms with Crippen LogP contribution in [0.1, 0.15) is 0 Å². The Morgan fingerprint density at radius 3 is 0.0694 bits per heavy atom. The fourth-order valence-electron chi connectivity index (χ4n) is 0. The van der Waals surface area contributed by atoms with Gasteiger partial charge in [0.05, 0.1) is 0 Å². The standard InChI is InChI=1S/18C2N2/c18*3-1-2-4. The lowest BCUT2D eigenvalue weighted by Crippen LogP contribution is -1.26. The lowest BCUT2D eigenvalue weighted by Gasteiger charge is -1.16. The summed E-state index contributed by atoms with van der Waals surface area (Å²) in [5.74, 6) is 0. The van der Waals surface area contributed by atoms with Crippen molar-refractivity contribution in [2.75, 3.05) is 0 Å². The Hall–Kier alpha value is -18.4. The minimum atomic E-state index is 1.24. The van der Waals surface area contributed by atoms with Crippen LogP contribution >= 0.6 is 0 Å². The van der Waals surface area contributed by atoms with Crippen LogP contribution in [0.15, 0.2) is 0 Å². The predicted molar refractivity (Wildman–Crippen MR) is 202 cm³/mol. The summed E-state index contributed by atoms with van der Waals surface area (Å²) >= 11 is 0. The van der Waals surface area contributed by atoms with Crippen LogP contribution in [0.25, 0.3) is 0 Å². The molecule has 0 bridgehead atoms. The molecule has 0 unspecified atom stereocenters. The van der Waals surface area contributed by atoms with Gasteiger partial charge in [-0.2, -0.15) is 189 Å². The van der Waals surface area contributed by atoms with Gasteiger partial charge in [-0.3, -0.25) is 0 Å². The third-order valence-corrected chi connectivity index (χ3v) is 0.900. The Labute approximate surface area is 407 Å². The molecule has 0 N–H and O–H groups in total. The average Bonchev–Trinajstić information content (AvgIpc) is 3.47. The molecule has 36 nitrogen and oxygen atoms in total. The first-order valence-electron chi connectivity index (χ1n) is 12.5. The quantitative estimate of drug-likeness (QED) is 0.321. The zero-order valence-corrected chi connectivity index (χ0v) is 34.1. The Bertz CT molecular complexity index is 1960. The van der Waals surface area contributed by atoms with Crippen molar-refractivity contribution in [3.63, 3.8) is 0 Å². The predicted octanol–water partition coefficient (Wildman–Crippen LogP) is 0.604. The zero-order chi connectivity index (χ0) is 61.5. The highest BCUT2D eigenvalue weighted by atomic mass is 14.3. The first-order chi connectivity index (χ1) is 34.5. The van der Waals surface area contributed by atoms with Crippen LogP contribution in [0.2, 0.25) is 0 Å². The summed E-state index contributed by atoms with van der Waals surface area (Å²) in [5, 5.41) is 261. The smallest absolute Gasteiger partial charge is 0.181 e. The first kappa shape index (κ1) is 117. The SMILES string of the molecule is N#CC#N.N#CC#N.N#CC#N.N#CC#N.N#CC#N.N#CC#N.N#CC#N.N#CC#N.N#CC#N.N#CC#N.N#CC#N.N#CC#N.N#CC#N.N#CC#N.N#CC#N.N#CC#N.N#CC#N.N#CC#N. The van der Waals surface area contributed by atoms with Crippen molar-refractivity contribution < 1.29 is 0 Å². The lowest BCUT2D eigenvalue weighted by molar-refractivity contribution is 1.49. The maximum atomic E-state index is 7.26. The summed E-state index contributed by atoms with van der Waals surface area (Å²) in [6, 6.07) is 44.5. The molecule has 0 amide bonds. The third-order valence-electron chi connectivity index (χ3n) is 0.900. The maximum Gasteiger partial charge on any atom is 0.181 e. The Morgan fingerprint density at radius 2 is 0.0694 bits per heavy atom. The van der Waals surface area contributed by atoms with E-state index in [0.29, 0.717) is 0 Å². The monoisotopic (exact) mass is 936 g/mol. The molecule has 0 spiro atoms. The van der Waals surface area contributed by atoms with Gasteiger partial charge < -0.3 is 0 Å². The molecule has 0 atom stereocenters. The molecule has 0 fully saturated rings. The molecule has 0 aliphatic heterocycles. The molecule has 0 aromatic carbocycles. The maximum absolute atomic E-state index is 7.26. The number of hydrogen-bond acceptors (Lipinski definition) is 36. The largest absolute Gasteiger partial charge is 0.181 e. The molecule has 0 aliphatic carbocycles. The van der Waals surface area contributed by atoms with E-state index in [1.807, 2.05) is 0 Å². The molecule has 0 rings (SSSR count). The van der Waals surface area contributed by atoms with E-state index in [1.165, 1.54) is 218 Å². The number of rotatable bonds is 0. The Morgan fingerprint density at radius 1 is 0.0556 bits per heavy atom. The molecule has 0 aromatic rings. The van der Waals surface area contributed by atoms with E-state index in [2.05, 4.69) is 0 Å². The van der Waals surface area contributed by atoms with Crippen molar-refractivity contribution in [2.45, 2.75) is 0 Å². The molecule has 0 aliphatic rings. The van der Waals surface area contributed by atoms with Gasteiger partial charge in [-0.1, -0.05) is 0 Å². The average molecular weight is 937 g/mol. The molecule has 0 saturated carbocycles. The van der Waals surface area contributed by atoms with Crippen molar-refractivity contribution in [1.82, 2.24) is 0 Å². The van der Waals surface area contributed by atoms with Crippen molar-refractivity contribution in [3.8, 4) is 218 Å². The number of hydrogen-bond donors (Lipinski definition) is 0. The van der Waals surface area contributed by atoms with Gasteiger partial charge in [-0.15, -0.1) is 0 Å². The normalized spacial score (nSPS) is 2.50. The second kappa shape index (κ2) is 451. The summed E-state index contributed by atoms with van der Waals surface area (Å²) < 4.78 is 0. The highest BCUT2D eigenvalue weighted by Gasteiger charge is 1.45. The van der Waals surface area contributed by atoms with Crippen LogP contribution < -0.4 is 0 Å². The lowest BCUT2D eigenvalue weighted by atomic mass is 10.9. The van der Waals surface area contributed by atoms with E-state index in [9.17, 15) is 0 Å². The molecule has 324 valence electrons. The van der Waals surface area contributed by atoms with E-state index in [0.717, 1.165) is 0 Å². The van der Waals surface area contributed by atoms with Gasteiger partial charge in [0.2, 0.25) is 0 Å². The van der Waals surface area contributed by atoms with E-state index >= 15 is 0 Å². The summed E-state index contributed by atoms with van der Waals surface area (Å²) in [4.78, 5) is 0. The molecule has 0 aromatic heterocycles. The van der Waals surface area contributed by atoms with Gasteiger partial charge in [0.1, 0.15) is 0 Å². The Balaban J connectivity index is -0.0000000268. The number of nitriles is 36. The van der Waals surface area contributed by atoms with Crippen molar-refractivity contribution in [2.24, 2.45) is 0 Å². The molecule has 72 heavy (non-hydrogen) atoms. The van der Waals surface area contributed by atoms with Gasteiger partial charge in [-0.05, 0) is 0 Å². The fraction of sp³-hybridized carbons (Fsp3) is 0. The van der Waals surface area contributed by atoms with Gasteiger partial charge in [0.25, 0.3) is 0 Å². The fourth-order valence-corrected chi connectivity index (χ4v) is 0. The van der Waals surface area contributed by atoms with Crippen molar-refractivity contribution in [1.29, 1.82) is 189 Å². The Kier molecular flexibility index (Phi) is 733. The summed E-state index contributed by atoms with van der Waals surface area (Å²) in [6.45, 7) is 0. The van der Waals surface area contributed by atoms with E-state index in [4.69, 9.17) is 189 Å². The molecule has 0 heterocycles. The number of nitrogens with zero attached hydrogens (tertiary/aromatic N) is 36. The van der Waals surface area contributed by atoms with Crippen LogP contribution in [-0.2, 0) is 0 Å². The second-order valence-corrected chi connectivity index (χ2v) is 4.02. The van der Waals surface area contributed by atoms with Gasteiger partial charge in [-0.25, -0.2) is 0 Å². The van der Waals surface area contributed by atoms with Crippen LogP contribution in [0.4, 0.5) is 0 Å².